The number of sulfonamides is 1. The van der Waals surface area contributed by atoms with Gasteiger partial charge in [-0.25, -0.2) is 13.1 Å². The standard InChI is InChI=1S/C23H31N3O4S/c1-6-26-15-18(30-22-10-8-7-9-21(22)26)14-25(5)23(27)20-13-19(12-11-17(20)4)31(28,29)24-16(2)3/h7-13,16,18,24H,6,14-15H2,1-5H3. The Bertz CT molecular complexity index is 1050. The van der Waals surface area contributed by atoms with Crippen molar-refractivity contribution in [3.63, 3.8) is 0 Å². The smallest absolute Gasteiger partial charge is 0.254 e. The van der Waals surface area contributed by atoms with Gasteiger partial charge in [0.1, 0.15) is 11.9 Å². The zero-order valence-corrected chi connectivity index (χ0v) is 19.6. The summed E-state index contributed by atoms with van der Waals surface area (Å²) in [5.41, 5.74) is 2.16. The second-order valence-electron chi connectivity index (χ2n) is 8.18. The van der Waals surface area contributed by atoms with Crippen LogP contribution in [0.15, 0.2) is 47.4 Å². The molecule has 1 aliphatic heterocycles. The highest BCUT2D eigenvalue weighted by molar-refractivity contribution is 7.89. The van der Waals surface area contributed by atoms with Gasteiger partial charge in [-0.05, 0) is 57.5 Å². The lowest BCUT2D eigenvalue weighted by atomic mass is 10.1. The van der Waals surface area contributed by atoms with E-state index < -0.39 is 10.0 Å². The monoisotopic (exact) mass is 445 g/mol. The van der Waals surface area contributed by atoms with E-state index in [0.717, 1.165) is 23.5 Å². The van der Waals surface area contributed by atoms with Crippen molar-refractivity contribution in [2.24, 2.45) is 0 Å². The number of anilines is 1. The normalized spacial score (nSPS) is 16.1. The molecule has 0 radical (unpaired) electrons. The SMILES string of the molecule is CCN1CC(CN(C)C(=O)c2cc(S(=O)(=O)NC(C)C)ccc2C)Oc2ccccc21. The average Bonchev–Trinajstić information content (AvgIpc) is 2.71. The third kappa shape index (κ3) is 5.19. The highest BCUT2D eigenvalue weighted by atomic mass is 32.2. The molecule has 1 aliphatic rings. The molecule has 1 amide bonds. The van der Waals surface area contributed by atoms with E-state index >= 15 is 0 Å². The van der Waals surface area contributed by atoms with Crippen molar-refractivity contribution in [2.75, 3.05) is 31.6 Å². The zero-order valence-electron chi connectivity index (χ0n) is 18.8. The van der Waals surface area contributed by atoms with Gasteiger partial charge in [0.05, 0.1) is 23.7 Å². The van der Waals surface area contributed by atoms with Crippen molar-refractivity contribution in [3.8, 4) is 5.75 Å². The molecule has 0 aromatic heterocycles. The summed E-state index contributed by atoms with van der Waals surface area (Å²) in [4.78, 5) is 17.1. The highest BCUT2D eigenvalue weighted by Gasteiger charge is 2.28. The number of carbonyl (C=O) groups excluding carboxylic acids is 1. The molecule has 0 bridgehead atoms. The molecule has 0 saturated heterocycles. The van der Waals surface area contributed by atoms with Crippen molar-refractivity contribution in [3.05, 3.63) is 53.6 Å². The molecule has 0 aliphatic carbocycles. The van der Waals surface area contributed by atoms with Crippen LogP contribution in [0.4, 0.5) is 5.69 Å². The van der Waals surface area contributed by atoms with E-state index in [1.165, 1.54) is 12.1 Å². The second kappa shape index (κ2) is 9.28. The van der Waals surface area contributed by atoms with Crippen LogP contribution in [0.5, 0.6) is 5.75 Å². The quantitative estimate of drug-likeness (QED) is 0.709. The zero-order chi connectivity index (χ0) is 22.8. The van der Waals surface area contributed by atoms with E-state index in [1.807, 2.05) is 24.3 Å². The Labute approximate surface area is 185 Å². The van der Waals surface area contributed by atoms with Crippen LogP contribution in [0.3, 0.4) is 0 Å². The molecule has 0 spiro atoms. The first-order chi connectivity index (χ1) is 14.6. The van der Waals surface area contributed by atoms with Crippen molar-refractivity contribution < 1.29 is 17.9 Å². The number of hydrogen-bond acceptors (Lipinski definition) is 5. The van der Waals surface area contributed by atoms with Gasteiger partial charge in [0.2, 0.25) is 10.0 Å². The molecular weight excluding hydrogens is 414 g/mol. The number of nitrogens with one attached hydrogen (secondary N) is 1. The van der Waals surface area contributed by atoms with Gasteiger partial charge in [-0.1, -0.05) is 18.2 Å². The molecule has 168 valence electrons. The van der Waals surface area contributed by atoms with Gasteiger partial charge in [-0.3, -0.25) is 4.79 Å². The Hall–Kier alpha value is -2.58. The molecule has 1 heterocycles. The van der Waals surface area contributed by atoms with Gasteiger partial charge in [-0.2, -0.15) is 0 Å². The Balaban J connectivity index is 1.78. The minimum Gasteiger partial charge on any atom is -0.485 e. The predicted molar refractivity (Wildman–Crippen MR) is 122 cm³/mol. The van der Waals surface area contributed by atoms with Crippen LogP contribution >= 0.6 is 0 Å². The maximum atomic E-state index is 13.2. The fourth-order valence-electron chi connectivity index (χ4n) is 3.74. The van der Waals surface area contributed by atoms with E-state index in [-0.39, 0.29) is 22.9 Å². The molecule has 2 aromatic rings. The lowest BCUT2D eigenvalue weighted by Gasteiger charge is -2.37. The van der Waals surface area contributed by atoms with Crippen LogP contribution in [-0.4, -0.2) is 58.1 Å². The van der Waals surface area contributed by atoms with Crippen molar-refractivity contribution in [1.29, 1.82) is 0 Å². The molecule has 31 heavy (non-hydrogen) atoms. The van der Waals surface area contributed by atoms with Crippen LogP contribution in [0.25, 0.3) is 0 Å². The topological polar surface area (TPSA) is 79.0 Å². The van der Waals surface area contributed by atoms with Gasteiger partial charge in [-0.15, -0.1) is 0 Å². The lowest BCUT2D eigenvalue weighted by molar-refractivity contribution is 0.0708. The van der Waals surface area contributed by atoms with E-state index in [2.05, 4.69) is 16.5 Å². The van der Waals surface area contributed by atoms with E-state index in [1.54, 1.807) is 38.8 Å². The first-order valence-electron chi connectivity index (χ1n) is 10.5. The van der Waals surface area contributed by atoms with E-state index in [9.17, 15) is 13.2 Å². The maximum absolute atomic E-state index is 13.2. The van der Waals surface area contributed by atoms with Crippen LogP contribution in [0.1, 0.15) is 36.7 Å². The Morgan fingerprint density at radius 2 is 1.97 bits per heavy atom. The second-order valence-corrected chi connectivity index (χ2v) is 9.90. The summed E-state index contributed by atoms with van der Waals surface area (Å²) in [5.74, 6) is 0.579. The van der Waals surface area contributed by atoms with Crippen LogP contribution in [0.2, 0.25) is 0 Å². The number of aryl methyl sites for hydroxylation is 1. The Kier molecular flexibility index (Phi) is 6.91. The first-order valence-corrected chi connectivity index (χ1v) is 12.0. The molecule has 1 atom stereocenters. The summed E-state index contributed by atoms with van der Waals surface area (Å²) < 4.78 is 33.8. The summed E-state index contributed by atoms with van der Waals surface area (Å²) in [7, 11) is -1.96. The molecule has 3 rings (SSSR count). The number of amides is 1. The van der Waals surface area contributed by atoms with Gasteiger partial charge in [0, 0.05) is 25.2 Å². The van der Waals surface area contributed by atoms with Crippen LogP contribution in [-0.2, 0) is 10.0 Å². The Morgan fingerprint density at radius 3 is 2.65 bits per heavy atom. The number of ether oxygens (including phenoxy) is 1. The lowest BCUT2D eigenvalue weighted by Crippen LogP contribution is -2.47. The maximum Gasteiger partial charge on any atom is 0.254 e. The predicted octanol–water partition coefficient (Wildman–Crippen LogP) is 3.04. The van der Waals surface area contributed by atoms with Gasteiger partial charge in [0.25, 0.3) is 5.91 Å². The Morgan fingerprint density at radius 1 is 1.26 bits per heavy atom. The highest BCUT2D eigenvalue weighted by Crippen LogP contribution is 2.33. The van der Waals surface area contributed by atoms with Gasteiger partial charge < -0.3 is 14.5 Å². The number of hydrogen-bond donors (Lipinski definition) is 1. The molecule has 2 aromatic carbocycles. The number of rotatable bonds is 7. The minimum atomic E-state index is -3.68. The summed E-state index contributed by atoms with van der Waals surface area (Å²) in [6.07, 6.45) is -0.182. The summed E-state index contributed by atoms with van der Waals surface area (Å²) in [6, 6.07) is 12.3. The summed E-state index contributed by atoms with van der Waals surface area (Å²) >= 11 is 0. The largest absolute Gasteiger partial charge is 0.485 e. The third-order valence-corrected chi connectivity index (χ3v) is 6.93. The summed E-state index contributed by atoms with van der Waals surface area (Å²) in [5, 5.41) is 0. The number of benzene rings is 2. The molecule has 1 unspecified atom stereocenters. The van der Waals surface area contributed by atoms with Crippen molar-refractivity contribution in [2.45, 2.75) is 44.7 Å². The van der Waals surface area contributed by atoms with E-state index in [0.29, 0.717) is 18.7 Å². The minimum absolute atomic E-state index is 0.0866. The molecular formula is C23H31N3O4S. The number of carbonyl (C=O) groups is 1. The fourth-order valence-corrected chi connectivity index (χ4v) is 5.02. The van der Waals surface area contributed by atoms with Crippen molar-refractivity contribution >= 4 is 21.6 Å². The van der Waals surface area contributed by atoms with Crippen molar-refractivity contribution in [1.82, 2.24) is 9.62 Å². The number of fused-ring (bicyclic) bond motifs is 1. The average molecular weight is 446 g/mol. The van der Waals surface area contributed by atoms with E-state index in [4.69, 9.17) is 4.74 Å². The third-order valence-electron chi connectivity index (χ3n) is 5.27. The molecule has 1 N–H and O–H groups in total. The van der Waals surface area contributed by atoms with Crippen LogP contribution in [0, 0.1) is 6.92 Å². The molecule has 0 fully saturated rings. The van der Waals surface area contributed by atoms with Crippen LogP contribution < -0.4 is 14.4 Å². The molecule has 7 nitrogen and oxygen atoms in total. The first kappa shape index (κ1) is 23.1. The molecule has 8 heteroatoms. The fraction of sp³-hybridized carbons (Fsp3) is 0.435. The van der Waals surface area contributed by atoms with Gasteiger partial charge in [0.15, 0.2) is 0 Å². The number of nitrogens with zero attached hydrogens (tertiary/aromatic N) is 2. The molecule has 0 saturated carbocycles. The van der Waals surface area contributed by atoms with Gasteiger partial charge >= 0.3 is 0 Å². The summed E-state index contributed by atoms with van der Waals surface area (Å²) in [6.45, 7) is 9.33. The number of likely N-dealkylation sites (N-methyl/N-ethyl adjacent to an activating group) is 2. The number of para-hydroxylation sites is 2.